The average Bonchev–Trinajstić information content (AvgIpc) is 3.80. The van der Waals surface area contributed by atoms with Gasteiger partial charge in [-0.1, -0.05) is 60.7 Å². The molecule has 5 heteroatoms. The van der Waals surface area contributed by atoms with E-state index in [-0.39, 0.29) is 0 Å². The summed E-state index contributed by atoms with van der Waals surface area (Å²) in [7, 11) is 0. The summed E-state index contributed by atoms with van der Waals surface area (Å²) in [5.41, 5.74) is 9.96. The van der Waals surface area contributed by atoms with Gasteiger partial charge in [0.1, 0.15) is 5.82 Å². The van der Waals surface area contributed by atoms with Gasteiger partial charge in [0.2, 0.25) is 0 Å². The SMILES string of the molecule is c1ccc(-n2ccc3cc4c(cc32)c2cc3c(cc2n4-c2cccc(-c4cccnc4)n2)c2ccccc2n3-c2ccccc2)cc1. The van der Waals surface area contributed by atoms with E-state index in [1.807, 2.05) is 12.3 Å². The van der Waals surface area contributed by atoms with E-state index in [9.17, 15) is 0 Å². The molecule has 0 atom stereocenters. The lowest BCUT2D eigenvalue weighted by Gasteiger charge is -2.10. The van der Waals surface area contributed by atoms with Crippen LogP contribution in [0.25, 0.3) is 83.0 Å². The fraction of sp³-hybridized carbons (Fsp3) is 0. The Morgan fingerprint density at radius 1 is 0.447 bits per heavy atom. The molecule has 0 amide bonds. The molecule has 47 heavy (non-hydrogen) atoms. The average molecular weight is 602 g/mol. The molecular weight excluding hydrogens is 574 g/mol. The molecule has 0 aliphatic rings. The zero-order valence-corrected chi connectivity index (χ0v) is 25.3. The number of aromatic nitrogens is 5. The van der Waals surface area contributed by atoms with Gasteiger partial charge in [0.15, 0.2) is 0 Å². The minimum absolute atomic E-state index is 0.874. The molecule has 10 aromatic rings. The summed E-state index contributed by atoms with van der Waals surface area (Å²) in [6.07, 6.45) is 5.83. The maximum Gasteiger partial charge on any atom is 0.138 e. The molecule has 0 aliphatic heterocycles. The lowest BCUT2D eigenvalue weighted by atomic mass is 10.1. The van der Waals surface area contributed by atoms with E-state index in [0.29, 0.717) is 0 Å². The molecule has 5 heterocycles. The first-order valence-electron chi connectivity index (χ1n) is 15.8. The number of rotatable bonds is 4. The van der Waals surface area contributed by atoms with Crippen molar-refractivity contribution in [1.82, 2.24) is 23.7 Å². The van der Waals surface area contributed by atoms with Crippen LogP contribution in [0.1, 0.15) is 0 Å². The van der Waals surface area contributed by atoms with Gasteiger partial charge in [0.05, 0.1) is 33.3 Å². The summed E-state index contributed by atoms with van der Waals surface area (Å²) >= 11 is 0. The van der Waals surface area contributed by atoms with Crippen molar-refractivity contribution in [2.45, 2.75) is 0 Å². The zero-order chi connectivity index (χ0) is 30.9. The van der Waals surface area contributed by atoms with Crippen molar-refractivity contribution in [2.75, 3.05) is 0 Å². The van der Waals surface area contributed by atoms with Gasteiger partial charge in [-0.3, -0.25) is 9.55 Å². The Balaban J connectivity index is 1.35. The maximum atomic E-state index is 5.23. The second-order valence-electron chi connectivity index (χ2n) is 12.0. The lowest BCUT2D eigenvalue weighted by molar-refractivity contribution is 1.08. The van der Waals surface area contributed by atoms with Crippen LogP contribution in [0.5, 0.6) is 0 Å². The Hall–Kier alpha value is -6.46. The standard InChI is InChI=1S/C42H27N5/c1-3-12-30(13-4-1)45-22-20-28-23-39-34(24-38(28)45)35-26-40-33(32-16-7-8-18-37(32)46(40)31-14-5-2-6-15-31)25-41(35)47(39)42-19-9-17-36(44-42)29-11-10-21-43-27-29/h1-27H. The van der Waals surface area contributed by atoms with Gasteiger partial charge in [0.25, 0.3) is 0 Å². The normalized spacial score (nSPS) is 11.8. The highest BCUT2D eigenvalue weighted by molar-refractivity contribution is 6.20. The third kappa shape index (κ3) is 3.90. The van der Waals surface area contributed by atoms with Gasteiger partial charge in [-0.15, -0.1) is 0 Å². The first-order chi connectivity index (χ1) is 23.3. The Morgan fingerprint density at radius 3 is 1.91 bits per heavy atom. The summed E-state index contributed by atoms with van der Waals surface area (Å²) in [6.45, 7) is 0. The quantitative estimate of drug-likeness (QED) is 0.201. The van der Waals surface area contributed by atoms with Crippen LogP contribution in [0.15, 0.2) is 164 Å². The zero-order valence-electron chi connectivity index (χ0n) is 25.3. The van der Waals surface area contributed by atoms with Crippen molar-refractivity contribution in [1.29, 1.82) is 0 Å². The topological polar surface area (TPSA) is 40.6 Å². The number of para-hydroxylation sites is 3. The van der Waals surface area contributed by atoms with E-state index in [0.717, 1.165) is 39.5 Å². The van der Waals surface area contributed by atoms with Crippen LogP contribution >= 0.6 is 0 Å². The molecule has 0 saturated carbocycles. The molecule has 0 aliphatic carbocycles. The minimum Gasteiger partial charge on any atom is -0.317 e. The second-order valence-corrected chi connectivity index (χ2v) is 12.0. The molecule has 0 unspecified atom stereocenters. The Bertz CT molecular complexity index is 2770. The molecule has 10 rings (SSSR count). The van der Waals surface area contributed by atoms with Crippen LogP contribution in [-0.4, -0.2) is 23.7 Å². The molecule has 5 aromatic carbocycles. The third-order valence-corrected chi connectivity index (χ3v) is 9.34. The maximum absolute atomic E-state index is 5.23. The highest BCUT2D eigenvalue weighted by atomic mass is 15.1. The fourth-order valence-corrected chi connectivity index (χ4v) is 7.24. The lowest BCUT2D eigenvalue weighted by Crippen LogP contribution is -1.99. The van der Waals surface area contributed by atoms with E-state index in [4.69, 9.17) is 4.98 Å². The van der Waals surface area contributed by atoms with Gasteiger partial charge >= 0.3 is 0 Å². The summed E-state index contributed by atoms with van der Waals surface area (Å²) in [5, 5.41) is 5.98. The number of fused-ring (bicyclic) bond motifs is 7. The minimum atomic E-state index is 0.874. The predicted octanol–water partition coefficient (Wildman–Crippen LogP) is 10.3. The predicted molar refractivity (Wildman–Crippen MR) is 193 cm³/mol. The van der Waals surface area contributed by atoms with Crippen LogP contribution in [0.4, 0.5) is 0 Å². The van der Waals surface area contributed by atoms with Crippen LogP contribution in [0.3, 0.4) is 0 Å². The number of benzene rings is 5. The first kappa shape index (κ1) is 25.8. The summed E-state index contributed by atoms with van der Waals surface area (Å²) in [5.74, 6) is 0.874. The molecule has 5 nitrogen and oxygen atoms in total. The molecular formula is C42H27N5. The van der Waals surface area contributed by atoms with E-state index >= 15 is 0 Å². The number of hydrogen-bond donors (Lipinski definition) is 0. The van der Waals surface area contributed by atoms with Gasteiger partial charge in [-0.2, -0.15) is 0 Å². The summed E-state index contributed by atoms with van der Waals surface area (Å²) in [6, 6.07) is 51.8. The molecule has 0 fully saturated rings. The molecule has 0 N–H and O–H groups in total. The summed E-state index contributed by atoms with van der Waals surface area (Å²) < 4.78 is 7.00. The monoisotopic (exact) mass is 601 g/mol. The summed E-state index contributed by atoms with van der Waals surface area (Å²) in [4.78, 5) is 9.58. The molecule has 0 bridgehead atoms. The largest absolute Gasteiger partial charge is 0.317 e. The smallest absolute Gasteiger partial charge is 0.138 e. The van der Waals surface area contributed by atoms with E-state index in [1.54, 1.807) is 6.20 Å². The van der Waals surface area contributed by atoms with Crippen molar-refractivity contribution in [2.24, 2.45) is 0 Å². The van der Waals surface area contributed by atoms with E-state index in [1.165, 1.54) is 43.5 Å². The Labute approximate surface area is 270 Å². The van der Waals surface area contributed by atoms with Crippen LogP contribution in [0, 0.1) is 0 Å². The van der Waals surface area contributed by atoms with Gasteiger partial charge in [-0.25, -0.2) is 4.98 Å². The van der Waals surface area contributed by atoms with Crippen LogP contribution < -0.4 is 0 Å². The highest BCUT2D eigenvalue weighted by Crippen LogP contribution is 2.41. The Morgan fingerprint density at radius 2 is 1.13 bits per heavy atom. The van der Waals surface area contributed by atoms with Crippen molar-refractivity contribution in [3.63, 3.8) is 0 Å². The Kier molecular flexibility index (Phi) is 5.51. The molecule has 0 spiro atoms. The van der Waals surface area contributed by atoms with Crippen LogP contribution in [-0.2, 0) is 0 Å². The van der Waals surface area contributed by atoms with E-state index in [2.05, 4.69) is 164 Å². The van der Waals surface area contributed by atoms with Crippen molar-refractivity contribution in [3.05, 3.63) is 164 Å². The van der Waals surface area contributed by atoms with Crippen molar-refractivity contribution in [3.8, 4) is 28.5 Å². The highest BCUT2D eigenvalue weighted by Gasteiger charge is 2.20. The number of hydrogen-bond acceptors (Lipinski definition) is 2. The molecule has 220 valence electrons. The van der Waals surface area contributed by atoms with Gasteiger partial charge in [-0.05, 0) is 84.9 Å². The molecule has 0 radical (unpaired) electrons. The van der Waals surface area contributed by atoms with Gasteiger partial charge < -0.3 is 9.13 Å². The first-order valence-corrected chi connectivity index (χ1v) is 15.8. The van der Waals surface area contributed by atoms with Crippen molar-refractivity contribution < 1.29 is 0 Å². The molecule has 5 aromatic heterocycles. The number of pyridine rings is 2. The van der Waals surface area contributed by atoms with Gasteiger partial charge in [0, 0.05) is 62.5 Å². The van der Waals surface area contributed by atoms with Crippen molar-refractivity contribution >= 4 is 54.5 Å². The third-order valence-electron chi connectivity index (χ3n) is 9.34. The molecule has 0 saturated heterocycles. The van der Waals surface area contributed by atoms with E-state index < -0.39 is 0 Å². The second kappa shape index (κ2) is 10.0. The fourth-order valence-electron chi connectivity index (χ4n) is 7.24. The number of nitrogens with zero attached hydrogens (tertiary/aromatic N) is 5. The van der Waals surface area contributed by atoms with Crippen LogP contribution in [0.2, 0.25) is 0 Å².